The van der Waals surface area contributed by atoms with E-state index in [1.807, 2.05) is 45.1 Å². The van der Waals surface area contributed by atoms with Gasteiger partial charge in [-0.3, -0.25) is 0 Å². The van der Waals surface area contributed by atoms with Crippen LogP contribution in [-0.4, -0.2) is 26.6 Å². The van der Waals surface area contributed by atoms with Gasteiger partial charge in [-0.25, -0.2) is 0 Å². The first-order chi connectivity index (χ1) is 16.0. The summed E-state index contributed by atoms with van der Waals surface area (Å²) in [6.45, 7) is 38.2. The third-order valence-electron chi connectivity index (χ3n) is 4.11. The molecule has 0 atom stereocenters. The third kappa shape index (κ3) is 18.4. The highest BCUT2D eigenvalue weighted by Gasteiger charge is 2.09. The molecule has 0 unspecified atom stereocenters. The van der Waals surface area contributed by atoms with Crippen LogP contribution in [0.4, 0.5) is 0 Å². The van der Waals surface area contributed by atoms with E-state index in [4.69, 9.17) is 14.3 Å². The molecule has 188 valence electrons. The maximum Gasteiger partial charge on any atom is 0.122 e. The number of hydrogen-bond donors (Lipinski definition) is 0. The molecule has 34 heavy (non-hydrogen) atoms. The van der Waals surface area contributed by atoms with Gasteiger partial charge in [-0.2, -0.15) is 0 Å². The van der Waals surface area contributed by atoms with Crippen molar-refractivity contribution in [2.75, 3.05) is 20.3 Å². The van der Waals surface area contributed by atoms with Gasteiger partial charge in [0.2, 0.25) is 0 Å². The van der Waals surface area contributed by atoms with Crippen molar-refractivity contribution in [1.29, 1.82) is 0 Å². The number of allylic oxidation sites excluding steroid dienone is 12. The van der Waals surface area contributed by atoms with Crippen molar-refractivity contribution in [3.8, 4) is 0 Å². The molecule has 0 rings (SSSR count). The smallest absolute Gasteiger partial charge is 0.122 e. The Kier molecular flexibility index (Phi) is 24.0. The Bertz CT molecular complexity index is 808. The van der Waals surface area contributed by atoms with Crippen molar-refractivity contribution in [3.05, 3.63) is 121 Å². The maximum atomic E-state index is 8.81. The summed E-state index contributed by atoms with van der Waals surface area (Å²) >= 11 is 0. The minimum absolute atomic E-state index is 0.462. The van der Waals surface area contributed by atoms with Crippen molar-refractivity contribution in [2.24, 2.45) is 0 Å². The van der Waals surface area contributed by atoms with Crippen LogP contribution >= 0.6 is 0 Å². The molecule has 0 aromatic heterocycles. The molecule has 3 heteroatoms. The number of methoxy groups -OCH3 is 1. The van der Waals surface area contributed by atoms with Gasteiger partial charge in [0.05, 0.1) is 6.61 Å². The number of ether oxygens (including phenoxy) is 2. The van der Waals surface area contributed by atoms with E-state index in [-0.39, 0.29) is 0 Å². The summed E-state index contributed by atoms with van der Waals surface area (Å²) in [5.41, 5.74) is 6.23. The molecule has 0 bridgehead atoms. The van der Waals surface area contributed by atoms with Crippen molar-refractivity contribution in [1.82, 2.24) is 0 Å². The van der Waals surface area contributed by atoms with Crippen LogP contribution in [0, 0.1) is 0 Å². The predicted molar refractivity (Wildman–Crippen MR) is 152 cm³/mol. The normalized spacial score (nSPS) is 10.6. The number of carbonyl (C=O) groups excluding carboxylic acids is 1. The Morgan fingerprint density at radius 1 is 0.824 bits per heavy atom. The van der Waals surface area contributed by atoms with Crippen LogP contribution in [-0.2, 0) is 14.3 Å². The highest BCUT2D eigenvalue weighted by atomic mass is 16.5. The predicted octanol–water partition coefficient (Wildman–Crippen LogP) is 8.59. The molecule has 0 amide bonds. The topological polar surface area (TPSA) is 35.5 Å². The van der Waals surface area contributed by atoms with E-state index in [0.29, 0.717) is 19.0 Å². The molecule has 0 aliphatic carbocycles. The Labute approximate surface area is 209 Å². The van der Waals surface area contributed by atoms with Crippen molar-refractivity contribution in [3.63, 3.8) is 0 Å². The molecule has 0 aromatic rings. The Morgan fingerprint density at radius 2 is 1.35 bits per heavy atom. The van der Waals surface area contributed by atoms with E-state index >= 15 is 0 Å². The van der Waals surface area contributed by atoms with Crippen molar-refractivity contribution in [2.45, 2.75) is 47.5 Å². The first kappa shape index (κ1) is 35.4. The minimum atomic E-state index is 0.462. The quantitative estimate of drug-likeness (QED) is 0.0845. The zero-order valence-electron chi connectivity index (χ0n) is 22.5. The number of hydrogen-bond acceptors (Lipinski definition) is 3. The Morgan fingerprint density at radius 3 is 1.76 bits per heavy atom. The fourth-order valence-corrected chi connectivity index (χ4v) is 2.16. The van der Waals surface area contributed by atoms with Crippen LogP contribution < -0.4 is 0 Å². The summed E-state index contributed by atoms with van der Waals surface area (Å²) in [7, 11) is 1.65. The Hall–Kier alpha value is -3.17. The molecule has 0 spiro atoms. The maximum absolute atomic E-state index is 8.81. The molecule has 0 radical (unpaired) electrons. The van der Waals surface area contributed by atoms with E-state index < -0.39 is 0 Å². The monoisotopic (exact) mass is 466 g/mol. The largest absolute Gasteiger partial charge is 0.491 e. The standard InChI is InChI=1S/C26H36O2.C3H6.C2H4O/c1-11-20(5)26(28-16-15-27-10)18-23(8)24(9)25(12-2)17-22(7)21(6)14-13-19(3)4;1-3-2;1-2-3/h13-14,17-18H,3,5-9,11-12,15-16H2,1-2,4,10H3;3H,1H2,2H3;2H,1H3/b14-13-,25-17-,26-18+;;. The summed E-state index contributed by atoms with van der Waals surface area (Å²) in [5.74, 6) is 0.716. The fourth-order valence-electron chi connectivity index (χ4n) is 2.16. The lowest BCUT2D eigenvalue weighted by Crippen LogP contribution is -2.04. The number of carbonyl (C=O) groups is 1. The second-order valence-corrected chi connectivity index (χ2v) is 7.21. The molecule has 0 fully saturated rings. The van der Waals surface area contributed by atoms with Crippen LogP contribution in [0.2, 0.25) is 0 Å². The van der Waals surface area contributed by atoms with E-state index in [1.165, 1.54) is 6.92 Å². The molecule has 0 N–H and O–H groups in total. The molecule has 3 nitrogen and oxygen atoms in total. The summed E-state index contributed by atoms with van der Waals surface area (Å²) in [5, 5.41) is 0. The first-order valence-corrected chi connectivity index (χ1v) is 11.3. The lowest BCUT2D eigenvalue weighted by atomic mass is 9.94. The van der Waals surface area contributed by atoms with E-state index in [1.54, 1.807) is 13.2 Å². The van der Waals surface area contributed by atoms with E-state index in [0.717, 1.165) is 58.1 Å². The summed E-state index contributed by atoms with van der Waals surface area (Å²) in [6, 6.07) is 0. The second-order valence-electron chi connectivity index (χ2n) is 7.21. The molecule has 0 saturated heterocycles. The molecule has 0 aromatic carbocycles. The summed E-state index contributed by atoms with van der Waals surface area (Å²) in [6.07, 6.45) is 11.8. The van der Waals surface area contributed by atoms with Crippen LogP contribution in [0.1, 0.15) is 47.5 Å². The van der Waals surface area contributed by atoms with Gasteiger partial charge in [-0.1, -0.05) is 83.2 Å². The summed E-state index contributed by atoms with van der Waals surface area (Å²) in [4.78, 5) is 8.81. The van der Waals surface area contributed by atoms with Gasteiger partial charge in [0.15, 0.2) is 0 Å². The van der Waals surface area contributed by atoms with Crippen molar-refractivity contribution >= 4 is 6.29 Å². The average Bonchev–Trinajstić information content (AvgIpc) is 2.80. The van der Waals surface area contributed by atoms with Crippen LogP contribution in [0.3, 0.4) is 0 Å². The highest BCUT2D eigenvalue weighted by molar-refractivity contribution is 5.55. The van der Waals surface area contributed by atoms with Gasteiger partial charge in [0, 0.05) is 7.11 Å². The average molecular weight is 467 g/mol. The molecule has 0 heterocycles. The molecular weight excluding hydrogens is 420 g/mol. The molecule has 0 aliphatic rings. The van der Waals surface area contributed by atoms with Gasteiger partial charge < -0.3 is 14.3 Å². The molecule has 0 aliphatic heterocycles. The summed E-state index contributed by atoms with van der Waals surface area (Å²) < 4.78 is 10.9. The first-order valence-electron chi connectivity index (χ1n) is 11.3. The number of aldehydes is 1. The molecule has 0 saturated carbocycles. The van der Waals surface area contributed by atoms with Gasteiger partial charge in [-0.05, 0) is 73.1 Å². The van der Waals surface area contributed by atoms with Gasteiger partial charge in [-0.15, -0.1) is 6.58 Å². The lowest BCUT2D eigenvalue weighted by molar-refractivity contribution is -0.106. The van der Waals surface area contributed by atoms with E-state index in [9.17, 15) is 0 Å². The lowest BCUT2D eigenvalue weighted by Gasteiger charge is -2.15. The highest BCUT2D eigenvalue weighted by Crippen LogP contribution is 2.26. The zero-order chi connectivity index (χ0) is 27.1. The van der Waals surface area contributed by atoms with Crippen molar-refractivity contribution < 1.29 is 14.3 Å². The minimum Gasteiger partial charge on any atom is -0.491 e. The van der Waals surface area contributed by atoms with Crippen LogP contribution in [0.5, 0.6) is 0 Å². The third-order valence-corrected chi connectivity index (χ3v) is 4.11. The Balaban J connectivity index is -0.00000143. The van der Waals surface area contributed by atoms with Gasteiger partial charge >= 0.3 is 0 Å². The van der Waals surface area contributed by atoms with Crippen LogP contribution in [0.25, 0.3) is 0 Å². The SMILES string of the molecule is C=C(C)/C=C\C(=C)C(=C)/C=C(/CC)C(=C)C(=C)/C=C(/OCCOC)C(=C)CC.C=CC.CC=O. The second kappa shape index (κ2) is 23.0. The zero-order valence-corrected chi connectivity index (χ0v) is 22.5. The van der Waals surface area contributed by atoms with Crippen LogP contribution in [0.15, 0.2) is 121 Å². The van der Waals surface area contributed by atoms with E-state index in [2.05, 4.69) is 53.0 Å². The van der Waals surface area contributed by atoms with Gasteiger partial charge in [0.25, 0.3) is 0 Å². The fraction of sp³-hybridized carbons (Fsp3) is 0.323. The number of rotatable bonds is 14. The molecular formula is C31H46O3. The van der Waals surface area contributed by atoms with Gasteiger partial charge in [0.1, 0.15) is 18.7 Å².